The van der Waals surface area contributed by atoms with Crippen LogP contribution in [-0.4, -0.2) is 34.8 Å². The van der Waals surface area contributed by atoms with Crippen LogP contribution in [0.25, 0.3) is 12.2 Å². The molecule has 2 aromatic carbocycles. The van der Waals surface area contributed by atoms with Gasteiger partial charge in [0.05, 0.1) is 9.85 Å². The molecule has 0 heterocycles. The molecule has 10 heteroatoms. The Bertz CT molecular complexity index is 995. The highest BCUT2D eigenvalue weighted by Crippen LogP contribution is 2.15. The fourth-order valence-electron chi connectivity index (χ4n) is 2.97. The van der Waals surface area contributed by atoms with E-state index in [1.807, 2.05) is 0 Å². The number of unbranched alkanes of at least 4 members (excludes halogenated alkanes) is 3. The van der Waals surface area contributed by atoms with Gasteiger partial charge in [0.25, 0.3) is 11.4 Å². The Kier molecular flexibility index (Phi) is 10.6. The molecule has 10 nitrogen and oxygen atoms in total. The lowest BCUT2D eigenvalue weighted by Gasteiger charge is -2.04. The minimum Gasteiger partial charge on any atom is -0.353 e. The average Bonchev–Trinajstić information content (AvgIpc) is 2.83. The number of amides is 2. The summed E-state index contributed by atoms with van der Waals surface area (Å²) in [6, 6.07) is 12.0. The van der Waals surface area contributed by atoms with Gasteiger partial charge in [0.1, 0.15) is 0 Å². The van der Waals surface area contributed by atoms with E-state index < -0.39 is 9.85 Å². The van der Waals surface area contributed by atoms with Crippen LogP contribution in [0.3, 0.4) is 0 Å². The first-order valence-corrected chi connectivity index (χ1v) is 10.8. The Labute approximate surface area is 196 Å². The summed E-state index contributed by atoms with van der Waals surface area (Å²) in [4.78, 5) is 44.2. The first-order valence-electron chi connectivity index (χ1n) is 10.8. The number of nitro benzene ring substituents is 2. The van der Waals surface area contributed by atoms with Crippen LogP contribution in [0.4, 0.5) is 11.4 Å². The Morgan fingerprint density at radius 2 is 1.12 bits per heavy atom. The van der Waals surface area contributed by atoms with Crippen molar-refractivity contribution >= 4 is 35.3 Å². The molecule has 0 unspecified atom stereocenters. The largest absolute Gasteiger partial charge is 0.353 e. The summed E-state index contributed by atoms with van der Waals surface area (Å²) in [6.07, 6.45) is 9.08. The SMILES string of the molecule is O=C(/C=C/c1cccc([N+](=O)[O-])c1)NCCCCCCNC(=O)/C=C/c1cccc([N+](=O)[O-])c1. The summed E-state index contributed by atoms with van der Waals surface area (Å²) >= 11 is 0. The molecule has 0 aliphatic heterocycles. The minimum atomic E-state index is -0.486. The highest BCUT2D eigenvalue weighted by molar-refractivity contribution is 5.92. The van der Waals surface area contributed by atoms with Gasteiger partial charge in [0.2, 0.25) is 11.8 Å². The summed E-state index contributed by atoms with van der Waals surface area (Å²) in [5.74, 6) is -0.538. The number of nitro groups is 2. The van der Waals surface area contributed by atoms with E-state index in [-0.39, 0.29) is 23.2 Å². The molecule has 0 bridgehead atoms. The van der Waals surface area contributed by atoms with E-state index in [2.05, 4.69) is 10.6 Å². The van der Waals surface area contributed by atoms with Gasteiger partial charge in [-0.2, -0.15) is 0 Å². The average molecular weight is 466 g/mol. The molecular weight excluding hydrogens is 440 g/mol. The van der Waals surface area contributed by atoms with Crippen molar-refractivity contribution < 1.29 is 19.4 Å². The number of benzene rings is 2. The van der Waals surface area contributed by atoms with Crippen LogP contribution >= 0.6 is 0 Å². The van der Waals surface area contributed by atoms with Crippen molar-refractivity contribution in [2.75, 3.05) is 13.1 Å². The van der Waals surface area contributed by atoms with Crippen LogP contribution in [0.2, 0.25) is 0 Å². The maximum Gasteiger partial charge on any atom is 0.270 e. The molecular formula is C24H26N4O6. The van der Waals surface area contributed by atoms with Crippen molar-refractivity contribution in [1.82, 2.24) is 10.6 Å². The number of carbonyl (C=O) groups is 2. The maximum atomic E-state index is 11.8. The van der Waals surface area contributed by atoms with Crippen molar-refractivity contribution in [3.8, 4) is 0 Å². The van der Waals surface area contributed by atoms with E-state index in [1.165, 1.54) is 48.6 Å². The van der Waals surface area contributed by atoms with Crippen LogP contribution in [0.1, 0.15) is 36.8 Å². The van der Waals surface area contributed by atoms with Crippen molar-refractivity contribution in [3.05, 3.63) is 92.0 Å². The fourth-order valence-corrected chi connectivity index (χ4v) is 2.97. The molecule has 0 radical (unpaired) electrons. The zero-order valence-electron chi connectivity index (χ0n) is 18.5. The molecule has 2 aromatic rings. The van der Waals surface area contributed by atoms with Crippen LogP contribution in [0.5, 0.6) is 0 Å². The molecule has 0 saturated heterocycles. The van der Waals surface area contributed by atoms with Crippen molar-refractivity contribution in [1.29, 1.82) is 0 Å². The number of hydrogen-bond acceptors (Lipinski definition) is 6. The number of carbonyl (C=O) groups excluding carboxylic acids is 2. The van der Waals surface area contributed by atoms with Crippen LogP contribution in [0.15, 0.2) is 60.7 Å². The summed E-state index contributed by atoms with van der Waals surface area (Å²) < 4.78 is 0. The third-order valence-corrected chi connectivity index (χ3v) is 4.72. The zero-order chi connectivity index (χ0) is 24.8. The van der Waals surface area contributed by atoms with Gasteiger partial charge in [-0.1, -0.05) is 37.1 Å². The van der Waals surface area contributed by atoms with E-state index >= 15 is 0 Å². The van der Waals surface area contributed by atoms with Crippen molar-refractivity contribution in [2.45, 2.75) is 25.7 Å². The van der Waals surface area contributed by atoms with Gasteiger partial charge in [0.15, 0.2) is 0 Å². The molecule has 0 atom stereocenters. The number of rotatable bonds is 13. The van der Waals surface area contributed by atoms with Gasteiger partial charge in [-0.15, -0.1) is 0 Å². The molecule has 0 fully saturated rings. The van der Waals surface area contributed by atoms with Crippen LogP contribution < -0.4 is 10.6 Å². The van der Waals surface area contributed by atoms with E-state index in [0.29, 0.717) is 24.2 Å². The lowest BCUT2D eigenvalue weighted by Crippen LogP contribution is -2.23. The number of nitrogens with one attached hydrogen (secondary N) is 2. The number of non-ortho nitro benzene ring substituents is 2. The van der Waals surface area contributed by atoms with Crippen LogP contribution in [-0.2, 0) is 9.59 Å². The highest BCUT2D eigenvalue weighted by Gasteiger charge is 2.05. The first-order chi connectivity index (χ1) is 16.3. The summed E-state index contributed by atoms with van der Waals surface area (Å²) in [7, 11) is 0. The molecule has 0 spiro atoms. The normalized spacial score (nSPS) is 10.9. The summed E-state index contributed by atoms with van der Waals surface area (Å²) in [5, 5.41) is 27.1. The fraction of sp³-hybridized carbons (Fsp3) is 0.250. The molecule has 0 saturated carbocycles. The maximum absolute atomic E-state index is 11.8. The summed E-state index contributed by atoms with van der Waals surface area (Å²) in [6.45, 7) is 1.02. The highest BCUT2D eigenvalue weighted by atomic mass is 16.6. The predicted molar refractivity (Wildman–Crippen MR) is 129 cm³/mol. The Hall–Kier alpha value is -4.34. The number of nitrogens with zero attached hydrogens (tertiary/aromatic N) is 2. The molecule has 0 aliphatic carbocycles. The Morgan fingerprint density at radius 1 is 0.706 bits per heavy atom. The lowest BCUT2D eigenvalue weighted by atomic mass is 10.2. The quantitative estimate of drug-likeness (QED) is 0.197. The molecule has 2 rings (SSSR count). The number of hydrogen-bond donors (Lipinski definition) is 2. The second-order valence-electron chi connectivity index (χ2n) is 7.37. The molecule has 34 heavy (non-hydrogen) atoms. The standard InChI is InChI=1S/C24H26N4O6/c29-23(13-11-19-7-5-9-21(17-19)27(31)32)25-15-3-1-2-4-16-26-24(30)14-12-20-8-6-10-22(18-20)28(33)34/h5-14,17-18H,1-4,15-16H2,(H,25,29)(H,26,30)/b13-11+,14-12+. The minimum absolute atomic E-state index is 0.0303. The van der Waals surface area contributed by atoms with Crippen molar-refractivity contribution in [2.24, 2.45) is 0 Å². The predicted octanol–water partition coefficient (Wildman–Crippen LogP) is 4.02. The second kappa shape index (κ2) is 13.9. The van der Waals surface area contributed by atoms with Gasteiger partial charge in [-0.25, -0.2) is 0 Å². The topological polar surface area (TPSA) is 144 Å². The lowest BCUT2D eigenvalue weighted by molar-refractivity contribution is -0.385. The monoisotopic (exact) mass is 466 g/mol. The van der Waals surface area contributed by atoms with Gasteiger partial charge in [-0.3, -0.25) is 29.8 Å². The molecule has 178 valence electrons. The van der Waals surface area contributed by atoms with Crippen molar-refractivity contribution in [3.63, 3.8) is 0 Å². The Balaban J connectivity index is 1.55. The third kappa shape index (κ3) is 9.86. The zero-order valence-corrected chi connectivity index (χ0v) is 18.5. The smallest absolute Gasteiger partial charge is 0.270 e. The molecule has 0 aromatic heterocycles. The third-order valence-electron chi connectivity index (χ3n) is 4.72. The van der Waals surface area contributed by atoms with E-state index in [9.17, 15) is 29.8 Å². The molecule has 0 aliphatic rings. The van der Waals surface area contributed by atoms with Crippen LogP contribution in [0, 0.1) is 20.2 Å². The van der Waals surface area contributed by atoms with Gasteiger partial charge in [-0.05, 0) is 36.1 Å². The molecule has 2 amide bonds. The van der Waals surface area contributed by atoms with E-state index in [0.717, 1.165) is 25.7 Å². The Morgan fingerprint density at radius 3 is 1.50 bits per heavy atom. The van der Waals surface area contributed by atoms with E-state index in [4.69, 9.17) is 0 Å². The molecule has 2 N–H and O–H groups in total. The van der Waals surface area contributed by atoms with Gasteiger partial charge >= 0.3 is 0 Å². The first kappa shape index (κ1) is 25.9. The second-order valence-corrected chi connectivity index (χ2v) is 7.37. The van der Waals surface area contributed by atoms with Gasteiger partial charge in [0, 0.05) is 49.5 Å². The summed E-state index contributed by atoms with van der Waals surface area (Å²) in [5.41, 5.74) is 1.09. The van der Waals surface area contributed by atoms with E-state index in [1.54, 1.807) is 24.3 Å². The van der Waals surface area contributed by atoms with Gasteiger partial charge < -0.3 is 10.6 Å².